The third-order valence-electron chi connectivity index (χ3n) is 6.98. The van der Waals surface area contributed by atoms with E-state index in [4.69, 9.17) is 19.6 Å². The van der Waals surface area contributed by atoms with Crippen LogP contribution in [0.15, 0.2) is 53.3 Å². The van der Waals surface area contributed by atoms with Gasteiger partial charge >= 0.3 is 5.97 Å². The fourth-order valence-corrected chi connectivity index (χ4v) is 5.89. The molecule has 1 aliphatic rings. The summed E-state index contributed by atoms with van der Waals surface area (Å²) in [5.74, 6) is -1.35. The number of fused-ring (bicyclic) bond motifs is 2. The van der Waals surface area contributed by atoms with Gasteiger partial charge in [0, 0.05) is 47.9 Å². The van der Waals surface area contributed by atoms with Crippen molar-refractivity contribution in [3.63, 3.8) is 0 Å². The quantitative estimate of drug-likeness (QED) is 0.258. The standard InChI is InChI=1S/C28H30FN5O7S/c1-15-20-9-21-24(41-26(25(21)27(35)31-2)16-4-6-17(29)7-5-16)10-23(20)34(42(3,37)38)12-19(40-15)13-39-28(36)22(30)8-18-11-32-14-33-18/h4-7,9-11,14-15,19,22H,8,12-13,30H2,1-3H3,(H,31,35)(H,32,33)/t15-,19-,22-/m0/s1. The van der Waals surface area contributed by atoms with Gasteiger partial charge in [-0.15, -0.1) is 0 Å². The number of nitrogens with one attached hydrogen (secondary N) is 2. The molecule has 3 atom stereocenters. The third kappa shape index (κ3) is 5.86. The number of esters is 1. The maximum atomic E-state index is 13.6. The molecule has 5 rings (SSSR count). The van der Waals surface area contributed by atoms with E-state index < -0.39 is 46.0 Å². The summed E-state index contributed by atoms with van der Waals surface area (Å²) in [6.07, 6.45) is 2.78. The highest BCUT2D eigenvalue weighted by molar-refractivity contribution is 7.92. The van der Waals surface area contributed by atoms with Gasteiger partial charge in [0.05, 0.1) is 36.5 Å². The van der Waals surface area contributed by atoms with Gasteiger partial charge in [-0.1, -0.05) is 0 Å². The summed E-state index contributed by atoms with van der Waals surface area (Å²) < 4.78 is 58.4. The van der Waals surface area contributed by atoms with E-state index in [0.29, 0.717) is 27.9 Å². The number of benzene rings is 2. The van der Waals surface area contributed by atoms with Gasteiger partial charge in [-0.3, -0.25) is 13.9 Å². The molecule has 0 saturated heterocycles. The van der Waals surface area contributed by atoms with Crippen LogP contribution < -0.4 is 15.4 Å². The highest BCUT2D eigenvalue weighted by atomic mass is 32.2. The van der Waals surface area contributed by atoms with Gasteiger partial charge in [0.15, 0.2) is 0 Å². The van der Waals surface area contributed by atoms with E-state index in [1.807, 2.05) is 0 Å². The number of furan rings is 1. The van der Waals surface area contributed by atoms with Crippen molar-refractivity contribution in [2.45, 2.75) is 31.6 Å². The largest absolute Gasteiger partial charge is 0.462 e. The molecule has 1 aliphatic heterocycles. The maximum absolute atomic E-state index is 13.6. The van der Waals surface area contributed by atoms with Crippen molar-refractivity contribution in [2.75, 3.05) is 30.8 Å². The normalized spacial score (nSPS) is 17.9. The number of amides is 1. The van der Waals surface area contributed by atoms with Gasteiger partial charge < -0.3 is 29.9 Å². The second kappa shape index (κ2) is 11.5. The van der Waals surface area contributed by atoms with Crippen molar-refractivity contribution < 1.29 is 36.3 Å². The summed E-state index contributed by atoms with van der Waals surface area (Å²) in [5, 5.41) is 3.02. The number of halogens is 1. The van der Waals surface area contributed by atoms with Crippen LogP contribution in [-0.2, 0) is 30.7 Å². The number of rotatable bonds is 8. The fourth-order valence-electron chi connectivity index (χ4n) is 4.94. The second-order valence-electron chi connectivity index (χ2n) is 10.0. The summed E-state index contributed by atoms with van der Waals surface area (Å²) in [4.78, 5) is 32.3. The molecule has 12 nitrogen and oxygen atoms in total. The number of aromatic nitrogens is 2. The molecule has 1 amide bonds. The summed E-state index contributed by atoms with van der Waals surface area (Å²) in [5.41, 5.74) is 8.35. The number of anilines is 1. The highest BCUT2D eigenvalue weighted by Crippen LogP contribution is 2.42. The molecule has 0 fully saturated rings. The van der Waals surface area contributed by atoms with Gasteiger partial charge in [-0.25, -0.2) is 17.8 Å². The number of hydrogen-bond acceptors (Lipinski definition) is 9. The van der Waals surface area contributed by atoms with Crippen molar-refractivity contribution in [1.29, 1.82) is 0 Å². The molecular weight excluding hydrogens is 569 g/mol. The van der Waals surface area contributed by atoms with E-state index in [1.165, 1.54) is 37.6 Å². The van der Waals surface area contributed by atoms with Crippen LogP contribution in [0.5, 0.6) is 0 Å². The van der Waals surface area contributed by atoms with Gasteiger partial charge in [0.1, 0.15) is 35.9 Å². The smallest absolute Gasteiger partial charge is 0.323 e. The lowest BCUT2D eigenvalue weighted by Crippen LogP contribution is -2.41. The highest BCUT2D eigenvalue weighted by Gasteiger charge is 2.34. The van der Waals surface area contributed by atoms with E-state index in [0.717, 1.165) is 10.6 Å². The SMILES string of the molecule is CNC(=O)c1c(-c2ccc(F)cc2)oc2cc3c(cc12)[C@H](C)O[C@H](COC(=O)[C@@H](N)Cc1cnc[nH]1)CN3S(C)(=O)=O. The number of nitrogens with two attached hydrogens (primary N) is 1. The second-order valence-corrected chi connectivity index (χ2v) is 11.9. The molecule has 0 saturated carbocycles. The maximum Gasteiger partial charge on any atom is 0.323 e. The molecule has 0 bridgehead atoms. The Bertz CT molecular complexity index is 1720. The van der Waals surface area contributed by atoms with E-state index in [2.05, 4.69) is 15.3 Å². The first kappa shape index (κ1) is 29.2. The van der Waals surface area contributed by atoms with E-state index in [-0.39, 0.29) is 36.5 Å². The first-order valence-corrected chi connectivity index (χ1v) is 14.9. The molecule has 0 spiro atoms. The average Bonchev–Trinajstić information content (AvgIpc) is 3.57. The number of H-pyrrole nitrogens is 1. The minimum absolute atomic E-state index is 0.154. The Morgan fingerprint density at radius 3 is 2.67 bits per heavy atom. The molecule has 3 heterocycles. The molecule has 4 aromatic rings. The molecule has 4 N–H and O–H groups in total. The molecule has 0 aliphatic carbocycles. The summed E-state index contributed by atoms with van der Waals surface area (Å²) in [6, 6.07) is 7.73. The molecular formula is C28H30FN5O7S. The van der Waals surface area contributed by atoms with E-state index in [9.17, 15) is 22.4 Å². The lowest BCUT2D eigenvalue weighted by atomic mass is 10.0. The van der Waals surface area contributed by atoms with E-state index in [1.54, 1.807) is 25.3 Å². The number of ether oxygens (including phenoxy) is 2. The summed E-state index contributed by atoms with van der Waals surface area (Å²) in [6.45, 7) is 1.34. The van der Waals surface area contributed by atoms with E-state index >= 15 is 0 Å². The number of carbonyl (C=O) groups excluding carboxylic acids is 2. The molecule has 14 heteroatoms. The van der Waals surface area contributed by atoms with Crippen LogP contribution in [0, 0.1) is 5.82 Å². The first-order valence-electron chi connectivity index (χ1n) is 13.1. The minimum Gasteiger partial charge on any atom is -0.462 e. The topological polar surface area (TPSA) is 170 Å². The number of nitrogens with zero attached hydrogens (tertiary/aromatic N) is 2. The Morgan fingerprint density at radius 2 is 2.02 bits per heavy atom. The number of carbonyl (C=O) groups is 2. The number of sulfonamides is 1. The molecule has 0 unspecified atom stereocenters. The fraction of sp³-hybridized carbons (Fsp3) is 0.321. The zero-order valence-corrected chi connectivity index (χ0v) is 23.9. The third-order valence-corrected chi connectivity index (χ3v) is 8.13. The van der Waals surface area contributed by atoms with Crippen molar-refractivity contribution in [2.24, 2.45) is 5.73 Å². The summed E-state index contributed by atoms with van der Waals surface area (Å²) >= 11 is 0. The van der Waals surface area contributed by atoms with Crippen LogP contribution in [0.1, 0.15) is 34.6 Å². The first-order chi connectivity index (χ1) is 20.0. The number of aromatic amines is 1. The molecule has 2 aromatic heterocycles. The number of hydrogen-bond donors (Lipinski definition) is 3. The van der Waals surface area contributed by atoms with Crippen LogP contribution in [0.2, 0.25) is 0 Å². The Hall–Kier alpha value is -4.27. The predicted molar refractivity (Wildman–Crippen MR) is 152 cm³/mol. The van der Waals surface area contributed by atoms with Crippen molar-refractivity contribution in [3.05, 3.63) is 71.6 Å². The van der Waals surface area contributed by atoms with Gasteiger partial charge in [-0.2, -0.15) is 0 Å². The Labute approximate surface area is 241 Å². The average molecular weight is 600 g/mol. The van der Waals surface area contributed by atoms with Crippen LogP contribution in [0.4, 0.5) is 10.1 Å². The minimum atomic E-state index is -3.84. The van der Waals surface area contributed by atoms with Gasteiger partial charge in [0.2, 0.25) is 10.0 Å². The van der Waals surface area contributed by atoms with Crippen LogP contribution >= 0.6 is 0 Å². The molecule has 42 heavy (non-hydrogen) atoms. The summed E-state index contributed by atoms with van der Waals surface area (Å²) in [7, 11) is -2.37. The van der Waals surface area contributed by atoms with Crippen LogP contribution in [0.25, 0.3) is 22.3 Å². The Balaban J connectivity index is 1.49. The zero-order chi connectivity index (χ0) is 30.2. The monoisotopic (exact) mass is 599 g/mol. The van der Waals surface area contributed by atoms with Crippen LogP contribution in [-0.4, -0.2) is 68.9 Å². The number of imidazole rings is 1. The van der Waals surface area contributed by atoms with Gasteiger partial charge in [-0.05, 0) is 37.3 Å². The van der Waals surface area contributed by atoms with Crippen molar-refractivity contribution in [1.82, 2.24) is 15.3 Å². The van der Waals surface area contributed by atoms with Gasteiger partial charge in [0.25, 0.3) is 5.91 Å². The Morgan fingerprint density at radius 1 is 1.29 bits per heavy atom. The predicted octanol–water partition coefficient (Wildman–Crippen LogP) is 2.66. The molecule has 222 valence electrons. The Kier molecular flexibility index (Phi) is 8.03. The molecule has 2 aromatic carbocycles. The zero-order valence-electron chi connectivity index (χ0n) is 23.1. The lowest BCUT2D eigenvalue weighted by Gasteiger charge is -2.25. The van der Waals surface area contributed by atoms with Crippen molar-refractivity contribution >= 4 is 38.6 Å². The lowest BCUT2D eigenvalue weighted by molar-refractivity contribution is -0.150. The van der Waals surface area contributed by atoms with Crippen molar-refractivity contribution in [3.8, 4) is 11.3 Å². The molecule has 0 radical (unpaired) electrons. The van der Waals surface area contributed by atoms with Crippen LogP contribution in [0.3, 0.4) is 0 Å².